The lowest BCUT2D eigenvalue weighted by atomic mass is 10.1. The van der Waals surface area contributed by atoms with Crippen LogP contribution in [-0.4, -0.2) is 48.1 Å². The van der Waals surface area contributed by atoms with Crippen LogP contribution in [0.3, 0.4) is 0 Å². The van der Waals surface area contributed by atoms with Gasteiger partial charge in [0.25, 0.3) is 0 Å². The van der Waals surface area contributed by atoms with Crippen LogP contribution in [0.1, 0.15) is 24.5 Å². The summed E-state index contributed by atoms with van der Waals surface area (Å²) in [6.07, 6.45) is 3.11. The molecule has 0 amide bonds. The Labute approximate surface area is 149 Å². The number of hydrogen-bond donors (Lipinski definition) is 1. The number of benzene rings is 1. The van der Waals surface area contributed by atoms with Gasteiger partial charge in [-0.25, -0.2) is 0 Å². The third-order valence-electron chi connectivity index (χ3n) is 4.41. The number of morpholine rings is 1. The van der Waals surface area contributed by atoms with E-state index in [-0.39, 0.29) is 0 Å². The summed E-state index contributed by atoms with van der Waals surface area (Å²) >= 11 is 0. The SMILES string of the molecule is CCCn1ccc(NCc2ccc(OC)c(CN3CCOCC3)c2)n1. The summed E-state index contributed by atoms with van der Waals surface area (Å²) in [5, 5.41) is 7.93. The van der Waals surface area contributed by atoms with E-state index in [0.29, 0.717) is 0 Å². The molecule has 136 valence electrons. The Morgan fingerprint density at radius 3 is 2.84 bits per heavy atom. The highest BCUT2D eigenvalue weighted by atomic mass is 16.5. The van der Waals surface area contributed by atoms with Crippen molar-refractivity contribution < 1.29 is 9.47 Å². The van der Waals surface area contributed by atoms with Gasteiger partial charge in [0.2, 0.25) is 0 Å². The molecule has 0 atom stereocenters. The summed E-state index contributed by atoms with van der Waals surface area (Å²) in [7, 11) is 1.73. The molecule has 1 aliphatic rings. The Balaban J connectivity index is 1.63. The van der Waals surface area contributed by atoms with Crippen molar-refractivity contribution in [2.24, 2.45) is 0 Å². The maximum absolute atomic E-state index is 5.54. The van der Waals surface area contributed by atoms with Crippen molar-refractivity contribution in [1.82, 2.24) is 14.7 Å². The number of ether oxygens (including phenoxy) is 2. The topological polar surface area (TPSA) is 51.5 Å². The summed E-state index contributed by atoms with van der Waals surface area (Å²) < 4.78 is 12.9. The highest BCUT2D eigenvalue weighted by Gasteiger charge is 2.14. The predicted molar refractivity (Wildman–Crippen MR) is 98.9 cm³/mol. The maximum atomic E-state index is 5.54. The standard InChI is InChI=1S/C19H28N4O2/c1-3-7-23-8-6-19(21-23)20-14-16-4-5-18(24-2)17(13-16)15-22-9-11-25-12-10-22/h4-6,8,13H,3,7,9-12,14-15H2,1-2H3,(H,20,21). The van der Waals surface area contributed by atoms with E-state index in [0.717, 1.165) is 63.9 Å². The van der Waals surface area contributed by atoms with Gasteiger partial charge < -0.3 is 14.8 Å². The van der Waals surface area contributed by atoms with Crippen LogP contribution in [0.4, 0.5) is 5.82 Å². The van der Waals surface area contributed by atoms with Gasteiger partial charge >= 0.3 is 0 Å². The first kappa shape index (κ1) is 17.8. The van der Waals surface area contributed by atoms with E-state index in [9.17, 15) is 0 Å². The van der Waals surface area contributed by atoms with Gasteiger partial charge in [0, 0.05) is 50.6 Å². The van der Waals surface area contributed by atoms with Crippen molar-refractivity contribution >= 4 is 5.82 Å². The normalized spacial score (nSPS) is 15.3. The van der Waals surface area contributed by atoms with Gasteiger partial charge in [-0.2, -0.15) is 5.10 Å². The molecule has 25 heavy (non-hydrogen) atoms. The minimum Gasteiger partial charge on any atom is -0.496 e. The average molecular weight is 344 g/mol. The summed E-state index contributed by atoms with van der Waals surface area (Å²) in [6, 6.07) is 8.42. The third kappa shape index (κ3) is 4.96. The number of nitrogens with zero attached hydrogens (tertiary/aromatic N) is 3. The second-order valence-electron chi connectivity index (χ2n) is 6.35. The van der Waals surface area contributed by atoms with Crippen LogP contribution in [-0.2, 0) is 24.4 Å². The van der Waals surface area contributed by atoms with Crippen LogP contribution in [0.5, 0.6) is 5.75 Å². The summed E-state index contributed by atoms with van der Waals surface area (Å²) in [6.45, 7) is 8.32. The van der Waals surface area contributed by atoms with Gasteiger partial charge in [0.15, 0.2) is 0 Å². The molecule has 6 nitrogen and oxygen atoms in total. The number of nitrogens with one attached hydrogen (secondary N) is 1. The Morgan fingerprint density at radius 2 is 2.08 bits per heavy atom. The molecule has 6 heteroatoms. The first-order valence-electron chi connectivity index (χ1n) is 9.01. The van der Waals surface area contributed by atoms with E-state index in [4.69, 9.17) is 9.47 Å². The molecule has 1 aromatic heterocycles. The number of rotatable bonds is 8. The lowest BCUT2D eigenvalue weighted by Crippen LogP contribution is -2.35. The molecule has 0 unspecified atom stereocenters. The van der Waals surface area contributed by atoms with Crippen LogP contribution in [0, 0.1) is 0 Å². The highest BCUT2D eigenvalue weighted by molar-refractivity contribution is 5.40. The Bertz CT molecular complexity index is 665. The molecule has 1 N–H and O–H groups in total. The fourth-order valence-electron chi connectivity index (χ4n) is 3.07. The van der Waals surface area contributed by atoms with Crippen LogP contribution in [0.25, 0.3) is 0 Å². The first-order chi connectivity index (χ1) is 12.3. The van der Waals surface area contributed by atoms with Crippen LogP contribution >= 0.6 is 0 Å². The van der Waals surface area contributed by atoms with E-state index in [1.54, 1.807) is 7.11 Å². The van der Waals surface area contributed by atoms with Gasteiger partial charge in [-0.05, 0) is 24.1 Å². The Hall–Kier alpha value is -2.05. The minimum absolute atomic E-state index is 0.753. The van der Waals surface area contributed by atoms with Gasteiger partial charge in [-0.15, -0.1) is 0 Å². The highest BCUT2D eigenvalue weighted by Crippen LogP contribution is 2.22. The molecular formula is C19H28N4O2. The molecule has 1 fully saturated rings. The summed E-state index contributed by atoms with van der Waals surface area (Å²) in [5.74, 6) is 1.86. The fraction of sp³-hybridized carbons (Fsp3) is 0.526. The second kappa shape index (κ2) is 8.87. The lowest BCUT2D eigenvalue weighted by molar-refractivity contribution is 0.0339. The lowest BCUT2D eigenvalue weighted by Gasteiger charge is -2.27. The van der Waals surface area contributed by atoms with Gasteiger partial charge in [0.05, 0.1) is 20.3 Å². The average Bonchev–Trinajstić information content (AvgIpc) is 3.09. The molecule has 0 spiro atoms. The fourth-order valence-corrected chi connectivity index (χ4v) is 3.07. The maximum Gasteiger partial charge on any atom is 0.148 e. The zero-order valence-corrected chi connectivity index (χ0v) is 15.2. The molecule has 0 bridgehead atoms. The van der Waals surface area contributed by atoms with Crippen LogP contribution < -0.4 is 10.1 Å². The van der Waals surface area contributed by atoms with Gasteiger partial charge in [-0.1, -0.05) is 13.0 Å². The van der Waals surface area contributed by atoms with Crippen molar-refractivity contribution in [3.63, 3.8) is 0 Å². The van der Waals surface area contributed by atoms with Gasteiger partial charge in [-0.3, -0.25) is 9.58 Å². The number of hydrogen-bond acceptors (Lipinski definition) is 5. The predicted octanol–water partition coefficient (Wildman–Crippen LogP) is 2.75. The molecule has 1 saturated heterocycles. The first-order valence-corrected chi connectivity index (χ1v) is 9.01. The molecule has 0 radical (unpaired) electrons. The molecule has 1 aromatic carbocycles. The molecule has 2 aromatic rings. The van der Waals surface area contributed by atoms with Crippen molar-refractivity contribution in [2.45, 2.75) is 33.0 Å². The van der Waals surface area contributed by atoms with Gasteiger partial charge in [0.1, 0.15) is 11.6 Å². The van der Waals surface area contributed by atoms with Crippen LogP contribution in [0.15, 0.2) is 30.5 Å². The van der Waals surface area contributed by atoms with Crippen molar-refractivity contribution in [3.8, 4) is 5.75 Å². The monoisotopic (exact) mass is 344 g/mol. The van der Waals surface area contributed by atoms with E-state index in [1.807, 2.05) is 16.9 Å². The molecule has 0 aliphatic carbocycles. The molecular weight excluding hydrogens is 316 g/mol. The van der Waals surface area contributed by atoms with Crippen molar-refractivity contribution in [3.05, 3.63) is 41.6 Å². The Kier molecular flexibility index (Phi) is 6.30. The number of anilines is 1. The summed E-state index contributed by atoms with van der Waals surface area (Å²) in [5.41, 5.74) is 2.45. The third-order valence-corrected chi connectivity index (χ3v) is 4.41. The second-order valence-corrected chi connectivity index (χ2v) is 6.35. The largest absolute Gasteiger partial charge is 0.496 e. The van der Waals surface area contributed by atoms with Crippen LogP contribution in [0.2, 0.25) is 0 Å². The quantitative estimate of drug-likeness (QED) is 0.798. The Morgan fingerprint density at radius 1 is 1.24 bits per heavy atom. The smallest absolute Gasteiger partial charge is 0.148 e. The number of aromatic nitrogens is 2. The molecule has 0 saturated carbocycles. The van der Waals surface area contributed by atoms with Crippen molar-refractivity contribution in [1.29, 1.82) is 0 Å². The molecule has 2 heterocycles. The van der Waals surface area contributed by atoms with E-state index in [2.05, 4.69) is 40.4 Å². The number of methoxy groups -OCH3 is 1. The number of aryl methyl sites for hydroxylation is 1. The van der Waals surface area contributed by atoms with E-state index < -0.39 is 0 Å². The van der Waals surface area contributed by atoms with E-state index in [1.165, 1.54) is 11.1 Å². The van der Waals surface area contributed by atoms with E-state index >= 15 is 0 Å². The zero-order chi connectivity index (χ0) is 17.5. The summed E-state index contributed by atoms with van der Waals surface area (Å²) in [4.78, 5) is 2.41. The minimum atomic E-state index is 0.753. The van der Waals surface area contributed by atoms with Crippen molar-refractivity contribution in [2.75, 3.05) is 38.7 Å². The molecule has 3 rings (SSSR count). The zero-order valence-electron chi connectivity index (χ0n) is 15.2. The molecule has 1 aliphatic heterocycles.